The summed E-state index contributed by atoms with van der Waals surface area (Å²) in [6, 6.07) is 11.7. The summed E-state index contributed by atoms with van der Waals surface area (Å²) in [4.78, 5) is 34.4. The first-order valence-electron chi connectivity index (χ1n) is 7.51. The van der Waals surface area contributed by atoms with Gasteiger partial charge in [-0.1, -0.05) is 35.9 Å². The molecule has 6 heteroatoms. The summed E-state index contributed by atoms with van der Waals surface area (Å²) in [6.07, 6.45) is 0.108. The van der Waals surface area contributed by atoms with Crippen molar-refractivity contribution in [2.24, 2.45) is 0 Å². The molecule has 1 amide bonds. The first-order chi connectivity index (χ1) is 11.4. The van der Waals surface area contributed by atoms with Gasteiger partial charge in [-0.05, 0) is 19.9 Å². The second kappa shape index (κ2) is 7.50. The molecule has 124 valence electrons. The van der Waals surface area contributed by atoms with Crippen LogP contribution < -0.4 is 5.32 Å². The second-order valence-corrected chi connectivity index (χ2v) is 5.60. The number of Topliss-reactive ketones (excluding diaryl/α,β-unsaturated/α-hetero) is 1. The zero-order valence-electron chi connectivity index (χ0n) is 13.5. The summed E-state index contributed by atoms with van der Waals surface area (Å²) >= 11 is 0. The number of benzene rings is 2. The molecular formula is C18H18N2O4. The largest absolute Gasteiger partial charge is 0.326 e. The third-order valence-corrected chi connectivity index (χ3v) is 3.64. The van der Waals surface area contributed by atoms with Gasteiger partial charge in [0, 0.05) is 35.7 Å². The maximum absolute atomic E-state index is 12.0. The van der Waals surface area contributed by atoms with E-state index < -0.39 is 4.92 Å². The SMILES string of the molecule is Cc1ccc(C(=O)CCC(=O)Nc2ccc(C)c([N+](=O)[O-])c2)cc1. The Hall–Kier alpha value is -3.02. The van der Waals surface area contributed by atoms with E-state index in [4.69, 9.17) is 0 Å². The lowest BCUT2D eigenvalue weighted by Gasteiger charge is -2.06. The number of nitrogens with zero attached hydrogens (tertiary/aromatic N) is 1. The number of hydrogen-bond donors (Lipinski definition) is 1. The Kier molecular flexibility index (Phi) is 5.42. The highest BCUT2D eigenvalue weighted by atomic mass is 16.6. The number of nitrogens with one attached hydrogen (secondary N) is 1. The standard InChI is InChI=1S/C18H18N2O4/c1-12-3-6-14(7-4-12)17(21)9-10-18(22)19-15-8-5-13(2)16(11-15)20(23)24/h3-8,11H,9-10H2,1-2H3,(H,19,22). The van der Waals surface area contributed by atoms with E-state index >= 15 is 0 Å². The average molecular weight is 326 g/mol. The molecule has 0 atom stereocenters. The van der Waals surface area contributed by atoms with Crippen molar-refractivity contribution in [2.75, 3.05) is 5.32 Å². The van der Waals surface area contributed by atoms with Crippen molar-refractivity contribution in [2.45, 2.75) is 26.7 Å². The Morgan fingerprint density at radius 1 is 1.04 bits per heavy atom. The van der Waals surface area contributed by atoms with E-state index in [9.17, 15) is 19.7 Å². The summed E-state index contributed by atoms with van der Waals surface area (Å²) in [5.74, 6) is -0.464. The highest BCUT2D eigenvalue weighted by Gasteiger charge is 2.13. The van der Waals surface area contributed by atoms with Crippen LogP contribution in [-0.2, 0) is 4.79 Å². The molecule has 24 heavy (non-hydrogen) atoms. The Bertz CT molecular complexity index is 782. The Labute approximate surface area is 139 Å². The lowest BCUT2D eigenvalue weighted by molar-refractivity contribution is -0.385. The van der Waals surface area contributed by atoms with Crippen molar-refractivity contribution in [1.82, 2.24) is 0 Å². The normalized spacial score (nSPS) is 10.2. The average Bonchev–Trinajstić information content (AvgIpc) is 2.55. The highest BCUT2D eigenvalue weighted by molar-refractivity contribution is 6.00. The quantitative estimate of drug-likeness (QED) is 0.496. The summed E-state index contributed by atoms with van der Waals surface area (Å²) < 4.78 is 0. The first kappa shape index (κ1) is 17.3. The van der Waals surface area contributed by atoms with Gasteiger partial charge in [0.1, 0.15) is 0 Å². The molecular weight excluding hydrogens is 308 g/mol. The molecule has 6 nitrogen and oxygen atoms in total. The summed E-state index contributed by atoms with van der Waals surface area (Å²) in [5.41, 5.74) is 2.45. The topological polar surface area (TPSA) is 89.3 Å². The van der Waals surface area contributed by atoms with Gasteiger partial charge in [0.15, 0.2) is 5.78 Å². The highest BCUT2D eigenvalue weighted by Crippen LogP contribution is 2.22. The van der Waals surface area contributed by atoms with E-state index in [2.05, 4.69) is 5.32 Å². The van der Waals surface area contributed by atoms with Crippen LogP contribution in [0, 0.1) is 24.0 Å². The number of amides is 1. The van der Waals surface area contributed by atoms with E-state index in [-0.39, 0.29) is 30.2 Å². The predicted octanol–water partition coefficient (Wildman–Crippen LogP) is 3.81. The molecule has 0 heterocycles. The summed E-state index contributed by atoms with van der Waals surface area (Å²) in [7, 11) is 0. The number of hydrogen-bond acceptors (Lipinski definition) is 4. The number of aryl methyl sites for hydroxylation is 2. The molecule has 0 bridgehead atoms. The van der Waals surface area contributed by atoms with Crippen LogP contribution in [0.1, 0.15) is 34.3 Å². The number of nitro benzene ring substituents is 1. The third-order valence-electron chi connectivity index (χ3n) is 3.64. The van der Waals surface area contributed by atoms with Gasteiger partial charge >= 0.3 is 0 Å². The van der Waals surface area contributed by atoms with Gasteiger partial charge < -0.3 is 5.32 Å². The maximum Gasteiger partial charge on any atom is 0.274 e. The minimum atomic E-state index is -0.494. The van der Waals surface area contributed by atoms with Crippen LogP contribution in [0.3, 0.4) is 0 Å². The molecule has 2 aromatic rings. The smallest absolute Gasteiger partial charge is 0.274 e. The second-order valence-electron chi connectivity index (χ2n) is 5.60. The lowest BCUT2D eigenvalue weighted by Crippen LogP contribution is -2.13. The summed E-state index contributed by atoms with van der Waals surface area (Å²) in [6.45, 7) is 3.56. The minimum Gasteiger partial charge on any atom is -0.326 e. The number of rotatable bonds is 6. The number of carbonyl (C=O) groups excluding carboxylic acids is 2. The predicted molar refractivity (Wildman–Crippen MR) is 91.2 cm³/mol. The fourth-order valence-electron chi connectivity index (χ4n) is 2.22. The van der Waals surface area contributed by atoms with Crippen molar-refractivity contribution in [3.05, 3.63) is 69.3 Å². The van der Waals surface area contributed by atoms with Crippen LogP contribution in [0.5, 0.6) is 0 Å². The van der Waals surface area contributed by atoms with Crippen LogP contribution in [-0.4, -0.2) is 16.6 Å². The number of ketones is 1. The molecule has 0 unspecified atom stereocenters. The Morgan fingerprint density at radius 2 is 1.71 bits per heavy atom. The van der Waals surface area contributed by atoms with E-state index in [1.165, 1.54) is 6.07 Å². The van der Waals surface area contributed by atoms with Gasteiger partial charge in [0.05, 0.1) is 4.92 Å². The molecule has 0 aliphatic heterocycles. The van der Waals surface area contributed by atoms with Gasteiger partial charge in [-0.3, -0.25) is 19.7 Å². The Balaban J connectivity index is 1.94. The number of anilines is 1. The lowest BCUT2D eigenvalue weighted by atomic mass is 10.0. The molecule has 0 aliphatic carbocycles. The summed E-state index contributed by atoms with van der Waals surface area (Å²) in [5, 5.41) is 13.5. The molecule has 1 N–H and O–H groups in total. The first-order valence-corrected chi connectivity index (χ1v) is 7.51. The van der Waals surface area contributed by atoms with Crippen LogP contribution in [0.2, 0.25) is 0 Å². The molecule has 0 fully saturated rings. The van der Waals surface area contributed by atoms with Crippen molar-refractivity contribution in [3.63, 3.8) is 0 Å². The molecule has 0 aromatic heterocycles. The van der Waals surface area contributed by atoms with Gasteiger partial charge in [-0.15, -0.1) is 0 Å². The molecule has 0 saturated carbocycles. The molecule has 2 aromatic carbocycles. The molecule has 0 radical (unpaired) electrons. The maximum atomic E-state index is 12.0. The molecule has 2 rings (SSSR count). The van der Waals surface area contributed by atoms with Crippen molar-refractivity contribution in [3.8, 4) is 0 Å². The Morgan fingerprint density at radius 3 is 2.33 bits per heavy atom. The fourth-order valence-corrected chi connectivity index (χ4v) is 2.22. The van der Waals surface area contributed by atoms with E-state index in [1.54, 1.807) is 31.2 Å². The molecule has 0 spiro atoms. The van der Waals surface area contributed by atoms with Crippen LogP contribution in [0.25, 0.3) is 0 Å². The van der Waals surface area contributed by atoms with Gasteiger partial charge in [-0.2, -0.15) is 0 Å². The van der Waals surface area contributed by atoms with Crippen LogP contribution in [0.15, 0.2) is 42.5 Å². The molecule has 0 saturated heterocycles. The van der Waals surface area contributed by atoms with Gasteiger partial charge in [0.25, 0.3) is 5.69 Å². The third kappa shape index (κ3) is 4.49. The van der Waals surface area contributed by atoms with Gasteiger partial charge in [0.2, 0.25) is 5.91 Å². The molecule has 0 aliphatic rings. The van der Waals surface area contributed by atoms with E-state index in [1.807, 2.05) is 19.1 Å². The number of carbonyl (C=O) groups is 2. The van der Waals surface area contributed by atoms with Crippen LogP contribution in [0.4, 0.5) is 11.4 Å². The fraction of sp³-hybridized carbons (Fsp3) is 0.222. The van der Waals surface area contributed by atoms with E-state index in [0.29, 0.717) is 16.8 Å². The van der Waals surface area contributed by atoms with Crippen molar-refractivity contribution in [1.29, 1.82) is 0 Å². The minimum absolute atomic E-state index is 0.0222. The van der Waals surface area contributed by atoms with Crippen molar-refractivity contribution < 1.29 is 14.5 Å². The monoisotopic (exact) mass is 326 g/mol. The van der Waals surface area contributed by atoms with Crippen molar-refractivity contribution >= 4 is 23.1 Å². The van der Waals surface area contributed by atoms with E-state index in [0.717, 1.165) is 5.56 Å². The zero-order valence-corrected chi connectivity index (χ0v) is 13.5. The zero-order chi connectivity index (χ0) is 17.7. The van der Waals surface area contributed by atoms with Crippen LogP contribution >= 0.6 is 0 Å². The van der Waals surface area contributed by atoms with Gasteiger partial charge in [-0.25, -0.2) is 0 Å². The number of nitro groups is 1.